The van der Waals surface area contributed by atoms with Crippen LogP contribution in [0.2, 0.25) is 0 Å². The summed E-state index contributed by atoms with van der Waals surface area (Å²) in [6.07, 6.45) is 85.5. The quantitative estimate of drug-likeness (QED) is 0.0320. The van der Waals surface area contributed by atoms with Crippen molar-refractivity contribution in [2.24, 2.45) is 0 Å². The molecular formula is C73H143NO5. The van der Waals surface area contributed by atoms with E-state index < -0.39 is 12.1 Å². The van der Waals surface area contributed by atoms with E-state index in [9.17, 15) is 19.8 Å². The summed E-state index contributed by atoms with van der Waals surface area (Å²) < 4.78 is 5.51. The van der Waals surface area contributed by atoms with Crippen molar-refractivity contribution in [3.63, 3.8) is 0 Å². The Balaban J connectivity index is 3.39. The molecule has 0 rings (SSSR count). The number of amides is 1. The number of carbonyl (C=O) groups is 2. The lowest BCUT2D eigenvalue weighted by Gasteiger charge is -2.22. The maximum atomic E-state index is 12.5. The molecule has 0 aliphatic carbocycles. The summed E-state index contributed by atoms with van der Waals surface area (Å²) >= 11 is 0. The Hall–Kier alpha value is -1.40. The van der Waals surface area contributed by atoms with Crippen molar-refractivity contribution in [2.75, 3.05) is 13.2 Å². The minimum absolute atomic E-state index is 0.0158. The molecule has 6 nitrogen and oxygen atoms in total. The summed E-state index contributed by atoms with van der Waals surface area (Å²) in [6.45, 7) is 5.00. The first-order chi connectivity index (χ1) is 39.0. The van der Waals surface area contributed by atoms with Crippen LogP contribution in [0.5, 0.6) is 0 Å². The molecule has 0 aromatic carbocycles. The summed E-state index contributed by atoms with van der Waals surface area (Å²) in [5.74, 6) is -0.0211. The van der Waals surface area contributed by atoms with Crippen LogP contribution in [0.25, 0.3) is 0 Å². The van der Waals surface area contributed by atoms with E-state index >= 15 is 0 Å². The molecular weight excluding hydrogens is 971 g/mol. The summed E-state index contributed by atoms with van der Waals surface area (Å²) in [6, 6.07) is -0.547. The predicted octanol–water partition coefficient (Wildman–Crippen LogP) is 23.5. The summed E-state index contributed by atoms with van der Waals surface area (Å²) in [7, 11) is 0. The molecule has 0 spiro atoms. The molecule has 0 heterocycles. The molecule has 2 atom stereocenters. The molecule has 0 fully saturated rings. The lowest BCUT2D eigenvalue weighted by atomic mass is 10.0. The topological polar surface area (TPSA) is 95.9 Å². The minimum Gasteiger partial charge on any atom is -0.466 e. The van der Waals surface area contributed by atoms with E-state index in [1.54, 1.807) is 0 Å². The van der Waals surface area contributed by atoms with Crippen molar-refractivity contribution in [1.82, 2.24) is 5.32 Å². The van der Waals surface area contributed by atoms with Crippen LogP contribution in [0, 0.1) is 0 Å². The van der Waals surface area contributed by atoms with Crippen LogP contribution in [-0.4, -0.2) is 47.4 Å². The number of allylic oxidation sites excluding steroid dienone is 2. The van der Waals surface area contributed by atoms with Gasteiger partial charge in [-0.3, -0.25) is 9.59 Å². The maximum Gasteiger partial charge on any atom is 0.305 e. The number of unbranched alkanes of at least 4 members (excludes halogenated alkanes) is 56. The fourth-order valence-corrected chi connectivity index (χ4v) is 11.8. The van der Waals surface area contributed by atoms with Gasteiger partial charge in [-0.05, 0) is 51.4 Å². The molecule has 0 saturated heterocycles. The van der Waals surface area contributed by atoms with Gasteiger partial charge in [-0.2, -0.15) is 0 Å². The van der Waals surface area contributed by atoms with Gasteiger partial charge in [0.1, 0.15) is 0 Å². The van der Waals surface area contributed by atoms with Crippen LogP contribution in [0.1, 0.15) is 418 Å². The van der Waals surface area contributed by atoms with Gasteiger partial charge in [0.15, 0.2) is 0 Å². The van der Waals surface area contributed by atoms with Gasteiger partial charge in [-0.1, -0.05) is 366 Å². The third kappa shape index (κ3) is 65.6. The van der Waals surface area contributed by atoms with Crippen molar-refractivity contribution in [3.8, 4) is 0 Å². The van der Waals surface area contributed by atoms with Crippen molar-refractivity contribution >= 4 is 11.9 Å². The first-order valence-electron chi connectivity index (χ1n) is 36.4. The molecule has 0 saturated carbocycles. The molecule has 0 radical (unpaired) electrons. The molecule has 1 amide bonds. The largest absolute Gasteiger partial charge is 0.466 e. The van der Waals surface area contributed by atoms with Crippen LogP contribution < -0.4 is 5.32 Å². The fourth-order valence-electron chi connectivity index (χ4n) is 11.8. The monoisotopic (exact) mass is 1110 g/mol. The van der Waals surface area contributed by atoms with Crippen molar-refractivity contribution in [2.45, 2.75) is 431 Å². The summed E-state index contributed by atoms with van der Waals surface area (Å²) in [4.78, 5) is 24.7. The number of hydrogen-bond donors (Lipinski definition) is 3. The Bertz CT molecular complexity index is 1190. The van der Waals surface area contributed by atoms with Crippen molar-refractivity contribution in [3.05, 3.63) is 12.2 Å². The van der Waals surface area contributed by atoms with E-state index in [2.05, 4.69) is 31.3 Å². The van der Waals surface area contributed by atoms with Gasteiger partial charge >= 0.3 is 5.97 Å². The second-order valence-electron chi connectivity index (χ2n) is 25.3. The van der Waals surface area contributed by atoms with E-state index in [4.69, 9.17) is 4.74 Å². The molecule has 0 aliphatic rings. The zero-order valence-electron chi connectivity index (χ0n) is 53.9. The van der Waals surface area contributed by atoms with Gasteiger partial charge in [-0.15, -0.1) is 0 Å². The van der Waals surface area contributed by atoms with E-state index in [1.165, 1.54) is 347 Å². The fraction of sp³-hybridized carbons (Fsp3) is 0.945. The SMILES string of the molecule is CCCCCCCCCCCCCCCCCCCCCCCCC(O)C(CO)NC(=O)CCCCCCCCC/C=C\CCCCCCCCCCCCCOC(=O)CCCCCCCCCCCCCCCCCCCC. The number of carbonyl (C=O) groups excluding carboxylic acids is 2. The molecule has 470 valence electrons. The number of ether oxygens (including phenoxy) is 1. The summed E-state index contributed by atoms with van der Waals surface area (Å²) in [5, 5.41) is 23.4. The molecule has 0 aromatic rings. The van der Waals surface area contributed by atoms with Crippen LogP contribution in [0.3, 0.4) is 0 Å². The normalized spacial score (nSPS) is 12.5. The van der Waals surface area contributed by atoms with Crippen LogP contribution in [0.15, 0.2) is 12.2 Å². The number of aliphatic hydroxyl groups is 2. The highest BCUT2D eigenvalue weighted by molar-refractivity contribution is 5.76. The standard InChI is InChI=1S/C73H143NO5/c1-3-5-7-9-11-13-15-17-19-21-23-24-27-30-33-37-41-45-49-53-57-61-65-71(76)70(69-75)74-72(77)66-62-58-54-50-46-42-38-34-31-28-25-26-29-32-36-40-44-48-52-56-60-64-68-79-73(78)67-63-59-55-51-47-43-39-35-22-20-18-16-14-12-10-8-6-4-2/h28,31,70-71,75-76H,3-27,29-30,32-69H2,1-2H3,(H,74,77)/b31-28-. The van der Waals surface area contributed by atoms with Gasteiger partial charge in [0.05, 0.1) is 25.4 Å². The van der Waals surface area contributed by atoms with Crippen LogP contribution in [-0.2, 0) is 14.3 Å². The van der Waals surface area contributed by atoms with Crippen molar-refractivity contribution < 1.29 is 24.5 Å². The maximum absolute atomic E-state index is 12.5. The number of esters is 1. The Kier molecular flexibility index (Phi) is 67.9. The Morgan fingerprint density at radius 2 is 0.595 bits per heavy atom. The Morgan fingerprint density at radius 1 is 0.342 bits per heavy atom. The third-order valence-corrected chi connectivity index (χ3v) is 17.3. The van der Waals surface area contributed by atoms with Gasteiger partial charge in [0.25, 0.3) is 0 Å². The second-order valence-corrected chi connectivity index (χ2v) is 25.3. The lowest BCUT2D eigenvalue weighted by molar-refractivity contribution is -0.143. The number of hydrogen-bond acceptors (Lipinski definition) is 5. The van der Waals surface area contributed by atoms with Crippen molar-refractivity contribution in [1.29, 1.82) is 0 Å². The minimum atomic E-state index is -0.669. The van der Waals surface area contributed by atoms with E-state index in [0.29, 0.717) is 25.9 Å². The predicted molar refractivity (Wildman–Crippen MR) is 347 cm³/mol. The van der Waals surface area contributed by atoms with Gasteiger partial charge < -0.3 is 20.3 Å². The average molecular weight is 1110 g/mol. The Labute approximate surface area is 495 Å². The zero-order chi connectivity index (χ0) is 57.1. The highest BCUT2D eigenvalue weighted by Gasteiger charge is 2.20. The molecule has 0 aliphatic heterocycles. The second kappa shape index (κ2) is 69.1. The highest BCUT2D eigenvalue weighted by atomic mass is 16.5. The summed E-state index contributed by atoms with van der Waals surface area (Å²) in [5.41, 5.74) is 0. The van der Waals surface area contributed by atoms with Crippen LogP contribution in [0.4, 0.5) is 0 Å². The highest BCUT2D eigenvalue weighted by Crippen LogP contribution is 2.19. The van der Waals surface area contributed by atoms with E-state index in [0.717, 1.165) is 38.5 Å². The van der Waals surface area contributed by atoms with Gasteiger partial charge in [0.2, 0.25) is 5.91 Å². The van der Waals surface area contributed by atoms with Gasteiger partial charge in [0, 0.05) is 12.8 Å². The average Bonchev–Trinajstić information content (AvgIpc) is 3.45. The molecule has 6 heteroatoms. The molecule has 3 N–H and O–H groups in total. The molecule has 0 bridgehead atoms. The number of rotatable bonds is 69. The molecule has 79 heavy (non-hydrogen) atoms. The lowest BCUT2D eigenvalue weighted by Crippen LogP contribution is -2.45. The molecule has 2 unspecified atom stereocenters. The van der Waals surface area contributed by atoms with Gasteiger partial charge in [-0.25, -0.2) is 0 Å². The van der Waals surface area contributed by atoms with E-state index in [-0.39, 0.29) is 18.5 Å². The van der Waals surface area contributed by atoms with E-state index in [1.807, 2.05) is 0 Å². The number of nitrogens with one attached hydrogen (secondary N) is 1. The molecule has 0 aromatic heterocycles. The smallest absolute Gasteiger partial charge is 0.305 e. The van der Waals surface area contributed by atoms with Crippen LogP contribution >= 0.6 is 0 Å². The zero-order valence-corrected chi connectivity index (χ0v) is 53.9. The first kappa shape index (κ1) is 77.6. The Morgan fingerprint density at radius 3 is 0.899 bits per heavy atom. The first-order valence-corrected chi connectivity index (χ1v) is 36.4. The number of aliphatic hydroxyl groups excluding tert-OH is 2. The third-order valence-electron chi connectivity index (χ3n) is 17.3.